The van der Waals surface area contributed by atoms with Crippen molar-refractivity contribution in [3.8, 4) is 0 Å². The van der Waals surface area contributed by atoms with Gasteiger partial charge in [-0.3, -0.25) is 0 Å². The molecule has 1 spiro atoms. The van der Waals surface area contributed by atoms with Crippen LogP contribution in [0.2, 0.25) is 0 Å². The molecule has 8 nitrogen and oxygen atoms in total. The number of hydrogen-bond donors (Lipinski definition) is 2. The smallest absolute Gasteiger partial charge is 0.231 e. The number of nitrogens with one attached hydrogen (secondary N) is 2. The van der Waals surface area contributed by atoms with Crippen molar-refractivity contribution in [2.75, 3.05) is 11.9 Å². The van der Waals surface area contributed by atoms with Gasteiger partial charge >= 0.3 is 0 Å². The number of aromatic amines is 1. The molecule has 3 aromatic heterocycles. The first-order valence-corrected chi connectivity index (χ1v) is 8.38. The van der Waals surface area contributed by atoms with E-state index in [0.717, 1.165) is 36.4 Å². The molecule has 2 N–H and O–H groups in total. The summed E-state index contributed by atoms with van der Waals surface area (Å²) >= 11 is 0. The normalized spacial score (nSPS) is 18.8. The molecule has 1 saturated carbocycles. The minimum absolute atomic E-state index is 0.0368. The molecule has 5 rings (SSSR count). The molecule has 2 aliphatic rings. The second-order valence-electron chi connectivity index (χ2n) is 6.60. The summed E-state index contributed by atoms with van der Waals surface area (Å²) in [6.45, 7) is 0.741. The van der Waals surface area contributed by atoms with Crippen LogP contribution in [-0.4, -0.2) is 31.1 Å². The number of azo groups is 1. The summed E-state index contributed by atoms with van der Waals surface area (Å²) in [7, 11) is 0. The lowest BCUT2D eigenvalue weighted by Gasteiger charge is -2.36. The van der Waals surface area contributed by atoms with Gasteiger partial charge in [-0.1, -0.05) is 19.3 Å². The van der Waals surface area contributed by atoms with Crippen LogP contribution in [0.5, 0.6) is 0 Å². The van der Waals surface area contributed by atoms with Crippen LogP contribution < -0.4 is 5.32 Å². The summed E-state index contributed by atoms with van der Waals surface area (Å²) in [5, 5.41) is 16.4. The minimum Gasteiger partial charge on any atom is -0.348 e. The van der Waals surface area contributed by atoms with Crippen molar-refractivity contribution in [2.24, 2.45) is 10.2 Å². The summed E-state index contributed by atoms with van der Waals surface area (Å²) in [5.41, 5.74) is 2.03. The lowest BCUT2D eigenvalue weighted by Crippen LogP contribution is -2.33. The Hall–Kier alpha value is -2.77. The summed E-state index contributed by atoms with van der Waals surface area (Å²) in [5.74, 6) is 2.12. The Labute approximate surface area is 138 Å². The lowest BCUT2D eigenvalue weighted by atomic mass is 9.69. The van der Waals surface area contributed by atoms with Crippen LogP contribution in [0.1, 0.15) is 37.7 Å². The molecule has 0 amide bonds. The Morgan fingerprint density at radius 3 is 2.96 bits per heavy atom. The van der Waals surface area contributed by atoms with Crippen LogP contribution in [0.3, 0.4) is 0 Å². The van der Waals surface area contributed by atoms with Crippen molar-refractivity contribution in [2.45, 2.75) is 37.5 Å². The number of hydrogen-bond acceptors (Lipinski definition) is 6. The average molecular weight is 322 g/mol. The van der Waals surface area contributed by atoms with E-state index in [0.29, 0.717) is 11.8 Å². The van der Waals surface area contributed by atoms with Crippen molar-refractivity contribution in [3.05, 3.63) is 30.2 Å². The van der Waals surface area contributed by atoms with E-state index >= 15 is 0 Å². The van der Waals surface area contributed by atoms with Crippen molar-refractivity contribution in [1.29, 1.82) is 0 Å². The number of rotatable bonds is 2. The molecule has 0 aromatic carbocycles. The van der Waals surface area contributed by atoms with Gasteiger partial charge in [0.05, 0.1) is 12.1 Å². The number of anilines is 2. The number of H-pyrrole nitrogens is 1. The molecule has 0 saturated heterocycles. The Morgan fingerprint density at radius 2 is 2.12 bits per heavy atom. The maximum atomic E-state index is 4.73. The number of aromatic nitrogens is 5. The third-order valence-electron chi connectivity index (χ3n) is 5.09. The van der Waals surface area contributed by atoms with Gasteiger partial charge in [0, 0.05) is 11.6 Å². The van der Waals surface area contributed by atoms with E-state index in [1.807, 2.05) is 18.3 Å². The minimum atomic E-state index is 0.0368. The number of fused-ring (bicyclic) bond motifs is 4. The maximum absolute atomic E-state index is 4.73. The molecule has 1 fully saturated rings. The Bertz CT molecular complexity index is 902. The summed E-state index contributed by atoms with van der Waals surface area (Å²) < 4.78 is 1.73. The van der Waals surface area contributed by atoms with E-state index in [1.54, 1.807) is 10.8 Å². The second-order valence-corrected chi connectivity index (χ2v) is 6.60. The molecule has 1 aliphatic carbocycles. The van der Waals surface area contributed by atoms with Crippen LogP contribution in [0.15, 0.2) is 34.9 Å². The molecule has 122 valence electrons. The predicted molar refractivity (Wildman–Crippen MR) is 89.0 cm³/mol. The molecular weight excluding hydrogens is 304 g/mol. The fourth-order valence-electron chi connectivity index (χ4n) is 3.93. The molecular formula is C16H18N8. The van der Waals surface area contributed by atoms with Crippen LogP contribution in [0.25, 0.3) is 5.65 Å². The van der Waals surface area contributed by atoms with Gasteiger partial charge in [0.1, 0.15) is 12.1 Å². The highest BCUT2D eigenvalue weighted by atomic mass is 15.4. The second kappa shape index (κ2) is 5.12. The summed E-state index contributed by atoms with van der Waals surface area (Å²) in [6, 6.07) is 3.87. The maximum Gasteiger partial charge on any atom is 0.231 e. The first-order chi connectivity index (χ1) is 11.8. The highest BCUT2D eigenvalue weighted by Crippen LogP contribution is 2.47. The molecule has 0 radical (unpaired) electrons. The topological polar surface area (TPSA) is 95.6 Å². The highest BCUT2D eigenvalue weighted by molar-refractivity contribution is 5.65. The van der Waals surface area contributed by atoms with Crippen LogP contribution >= 0.6 is 0 Å². The standard InChI is InChI=1S/C16H18N8/c1-2-6-16(7-3-1)9-19-22-13-12(16)14-21-15(18-10-24(14)23-13)20-11-5-4-8-17-11/h4-5,8,10,17H,1-3,6-7,9H2,(H,20,21). The number of nitrogens with zero attached hydrogens (tertiary/aromatic N) is 6. The molecule has 3 aromatic rings. The Balaban J connectivity index is 1.64. The van der Waals surface area contributed by atoms with E-state index in [4.69, 9.17) is 4.98 Å². The Kier molecular flexibility index (Phi) is 2.91. The third-order valence-corrected chi connectivity index (χ3v) is 5.09. The fourth-order valence-corrected chi connectivity index (χ4v) is 3.93. The third kappa shape index (κ3) is 2.02. The molecule has 0 atom stereocenters. The lowest BCUT2D eigenvalue weighted by molar-refractivity contribution is 0.295. The molecule has 4 heterocycles. The van der Waals surface area contributed by atoms with Gasteiger partial charge in [-0.15, -0.1) is 10.2 Å². The largest absolute Gasteiger partial charge is 0.348 e. The zero-order chi connectivity index (χ0) is 16.0. The average Bonchev–Trinajstić information content (AvgIpc) is 3.23. The van der Waals surface area contributed by atoms with Crippen molar-refractivity contribution in [1.82, 2.24) is 24.6 Å². The van der Waals surface area contributed by atoms with Gasteiger partial charge in [-0.25, -0.2) is 9.50 Å². The molecule has 0 unspecified atom stereocenters. The van der Waals surface area contributed by atoms with E-state index in [9.17, 15) is 0 Å². The molecule has 1 aliphatic heterocycles. The molecule has 0 bridgehead atoms. The quantitative estimate of drug-likeness (QED) is 0.755. The van der Waals surface area contributed by atoms with Crippen molar-refractivity contribution >= 4 is 23.2 Å². The summed E-state index contributed by atoms with van der Waals surface area (Å²) in [4.78, 5) is 12.2. The van der Waals surface area contributed by atoms with E-state index in [2.05, 4.69) is 30.6 Å². The van der Waals surface area contributed by atoms with E-state index in [1.165, 1.54) is 19.3 Å². The van der Waals surface area contributed by atoms with Crippen LogP contribution in [0.4, 0.5) is 17.6 Å². The van der Waals surface area contributed by atoms with Gasteiger partial charge in [0.2, 0.25) is 11.8 Å². The van der Waals surface area contributed by atoms with Gasteiger partial charge in [0.15, 0.2) is 5.65 Å². The monoisotopic (exact) mass is 322 g/mol. The van der Waals surface area contributed by atoms with Crippen LogP contribution in [-0.2, 0) is 5.41 Å². The first-order valence-electron chi connectivity index (χ1n) is 8.38. The SMILES string of the molecule is c1c[nH]c(Nc2ncn3nc4c(c3n2)C2(CCCCC2)CN=N4)c1. The zero-order valence-corrected chi connectivity index (χ0v) is 13.2. The van der Waals surface area contributed by atoms with Gasteiger partial charge in [-0.05, 0) is 25.0 Å². The zero-order valence-electron chi connectivity index (χ0n) is 13.2. The van der Waals surface area contributed by atoms with Gasteiger partial charge in [-0.2, -0.15) is 10.1 Å². The fraction of sp³-hybridized carbons (Fsp3) is 0.438. The van der Waals surface area contributed by atoms with Crippen molar-refractivity contribution in [3.63, 3.8) is 0 Å². The van der Waals surface area contributed by atoms with Crippen LogP contribution in [0, 0.1) is 0 Å². The first kappa shape index (κ1) is 13.6. The Morgan fingerprint density at radius 1 is 1.21 bits per heavy atom. The summed E-state index contributed by atoms with van der Waals surface area (Å²) in [6.07, 6.45) is 9.56. The highest BCUT2D eigenvalue weighted by Gasteiger charge is 2.41. The molecule has 24 heavy (non-hydrogen) atoms. The molecule has 8 heteroatoms. The van der Waals surface area contributed by atoms with E-state index < -0.39 is 0 Å². The van der Waals surface area contributed by atoms with E-state index in [-0.39, 0.29) is 5.41 Å². The van der Waals surface area contributed by atoms with Crippen molar-refractivity contribution < 1.29 is 0 Å². The van der Waals surface area contributed by atoms with Gasteiger partial charge in [0.25, 0.3) is 0 Å². The predicted octanol–water partition coefficient (Wildman–Crippen LogP) is 3.50. The van der Waals surface area contributed by atoms with Gasteiger partial charge < -0.3 is 10.3 Å².